The minimum Gasteiger partial charge on any atom is -0.499 e. The Morgan fingerprint density at radius 1 is 0.744 bits per heavy atom. The van der Waals surface area contributed by atoms with Crippen LogP contribution < -0.4 is 24.6 Å². The summed E-state index contributed by atoms with van der Waals surface area (Å²) in [7, 11) is 5.39. The summed E-state index contributed by atoms with van der Waals surface area (Å²) in [5, 5.41) is 10.7. The van der Waals surface area contributed by atoms with E-state index < -0.39 is 49.5 Å². The van der Waals surface area contributed by atoms with Crippen molar-refractivity contribution >= 4 is 64.1 Å². The molecule has 2 N–H and O–H groups in total. The van der Waals surface area contributed by atoms with Crippen LogP contribution in [0.3, 0.4) is 0 Å². The molecule has 4 heterocycles. The molecular formula is C51H66BF6N6O13P. The molecule has 27 heteroatoms. The Hall–Kier alpha value is -7.05. The number of alkyl halides is 6. The number of para-hydroxylation sites is 2. The molecule has 4 aromatic rings. The number of carbonyl (C=O) groups excluding carboxylic acids is 5. The van der Waals surface area contributed by atoms with E-state index in [0.29, 0.717) is 66.3 Å². The Balaban J connectivity index is 0.000000377. The van der Waals surface area contributed by atoms with Crippen LogP contribution in [0, 0.1) is 0 Å². The normalized spacial score (nSPS) is 14.7. The molecule has 2 fully saturated rings. The fraction of sp³-hybridized carbons (Fsp3) is 0.451. The van der Waals surface area contributed by atoms with Gasteiger partial charge in [0.15, 0.2) is 6.29 Å². The van der Waals surface area contributed by atoms with Gasteiger partial charge in [0, 0.05) is 97.1 Å². The zero-order valence-electron chi connectivity index (χ0n) is 44.6. The molecule has 78 heavy (non-hydrogen) atoms. The highest BCUT2D eigenvalue weighted by atomic mass is 31.0. The van der Waals surface area contributed by atoms with Crippen molar-refractivity contribution in [1.29, 1.82) is 0 Å². The Morgan fingerprint density at radius 3 is 1.64 bits per heavy atom. The molecule has 0 spiro atoms. The number of anilines is 2. The molecule has 0 amide bonds. The van der Waals surface area contributed by atoms with Crippen molar-refractivity contribution in [3.8, 4) is 11.5 Å². The van der Waals surface area contributed by atoms with Crippen LogP contribution in [-0.2, 0) is 39.7 Å². The number of nitrogens with one attached hydrogen (secondary N) is 1. The fourth-order valence-electron chi connectivity index (χ4n) is 7.20. The van der Waals surface area contributed by atoms with Gasteiger partial charge < -0.3 is 48.5 Å². The van der Waals surface area contributed by atoms with E-state index in [1.165, 1.54) is 44.2 Å². The fourth-order valence-corrected chi connectivity index (χ4v) is 7.40. The van der Waals surface area contributed by atoms with E-state index in [2.05, 4.69) is 53.1 Å². The maximum atomic E-state index is 12.7. The predicted octanol–water partition coefficient (Wildman–Crippen LogP) is 8.20. The molecule has 1 unspecified atom stereocenters. The molecule has 2 aliphatic heterocycles. The number of aliphatic carboxylic acids is 1. The van der Waals surface area contributed by atoms with Crippen LogP contribution >= 0.6 is 9.24 Å². The largest absolute Gasteiger partial charge is 0.602 e. The third-order valence-corrected chi connectivity index (χ3v) is 10.8. The minimum atomic E-state index is -4.76. The number of likely N-dealkylation sites (tertiary alicyclic amines) is 1. The van der Waals surface area contributed by atoms with Gasteiger partial charge in [-0.3, -0.25) is 24.1 Å². The van der Waals surface area contributed by atoms with Crippen LogP contribution in [0.4, 0.5) is 38.0 Å². The summed E-state index contributed by atoms with van der Waals surface area (Å²) in [5.41, 5.74) is 1.27. The second-order valence-electron chi connectivity index (χ2n) is 17.5. The third kappa shape index (κ3) is 25.9. The molecule has 2 aromatic heterocycles. The van der Waals surface area contributed by atoms with Gasteiger partial charge in [-0.2, -0.15) is 0 Å². The number of aldehydes is 1. The van der Waals surface area contributed by atoms with Crippen molar-refractivity contribution in [2.24, 2.45) is 0 Å². The van der Waals surface area contributed by atoms with Crippen molar-refractivity contribution < 1.29 is 88.5 Å². The number of carboxylic acid groups (broad SMARTS) is 1. The molecule has 19 nitrogen and oxygen atoms in total. The number of aromatic nitrogens is 2. The molecule has 428 valence electrons. The summed E-state index contributed by atoms with van der Waals surface area (Å²) in [6.45, 7) is 14.4. The number of rotatable bonds is 16. The zero-order valence-corrected chi connectivity index (χ0v) is 45.8. The predicted molar refractivity (Wildman–Crippen MR) is 280 cm³/mol. The number of halogens is 6. The number of hydrogen-bond acceptors (Lipinski definition) is 18. The Morgan fingerprint density at radius 2 is 1.21 bits per heavy atom. The molecule has 0 saturated carbocycles. The van der Waals surface area contributed by atoms with Crippen molar-refractivity contribution in [1.82, 2.24) is 20.2 Å². The van der Waals surface area contributed by atoms with Gasteiger partial charge >= 0.3 is 31.8 Å². The quantitative estimate of drug-likeness (QED) is 0.0354. The first-order chi connectivity index (χ1) is 36.5. The van der Waals surface area contributed by atoms with Gasteiger partial charge in [-0.1, -0.05) is 30.3 Å². The first-order valence-electron chi connectivity index (χ1n) is 24.1. The summed E-state index contributed by atoms with van der Waals surface area (Å²) in [6, 6.07) is 19.0. The second-order valence-corrected chi connectivity index (χ2v) is 17.9. The molecule has 2 saturated heterocycles. The molecule has 6 rings (SSSR count). The van der Waals surface area contributed by atoms with Crippen LogP contribution in [0.15, 0.2) is 85.2 Å². The molecule has 2 aromatic carbocycles. The van der Waals surface area contributed by atoms with E-state index in [9.17, 15) is 50.3 Å². The lowest BCUT2D eigenvalue weighted by atomic mass is 9.95. The number of likely N-dealkylation sites (N-methyl/N-ethyl adjacent to an activating group) is 2. The summed E-state index contributed by atoms with van der Waals surface area (Å²) < 4.78 is 101. The highest BCUT2D eigenvalue weighted by molar-refractivity contribution is 7.20. The summed E-state index contributed by atoms with van der Waals surface area (Å²) in [6.07, 6.45) is -4.38. The van der Waals surface area contributed by atoms with Crippen LogP contribution in [0.1, 0.15) is 97.9 Å². The number of ether oxygens (including phenoxy) is 4. The van der Waals surface area contributed by atoms with E-state index in [4.69, 9.17) is 19.4 Å². The van der Waals surface area contributed by atoms with Crippen LogP contribution in [0.25, 0.3) is 0 Å². The lowest BCUT2D eigenvalue weighted by molar-refractivity contribution is -0.275. The van der Waals surface area contributed by atoms with Gasteiger partial charge in [-0.05, 0) is 89.5 Å². The lowest BCUT2D eigenvalue weighted by Gasteiger charge is -2.27. The number of nitrogens with zero attached hydrogens (tertiary/aromatic N) is 5. The van der Waals surface area contributed by atoms with Crippen molar-refractivity contribution in [3.63, 3.8) is 0 Å². The first kappa shape index (κ1) is 67.1. The average molecular weight is 1130 g/mol. The van der Waals surface area contributed by atoms with Crippen LogP contribution in [0.5, 0.6) is 11.5 Å². The molecule has 0 radical (unpaired) electrons. The highest BCUT2D eigenvalue weighted by Crippen LogP contribution is 2.30. The summed E-state index contributed by atoms with van der Waals surface area (Å²) >= 11 is 0. The van der Waals surface area contributed by atoms with Crippen molar-refractivity contribution in [3.05, 3.63) is 107 Å². The van der Waals surface area contributed by atoms with Crippen LogP contribution in [-0.4, -0.2) is 147 Å². The summed E-state index contributed by atoms with van der Waals surface area (Å²) in [4.78, 5) is 79.3. The summed E-state index contributed by atoms with van der Waals surface area (Å²) in [5.74, 6) is -1.94. The highest BCUT2D eigenvalue weighted by Gasteiger charge is 2.34. The Labute approximate surface area is 451 Å². The third-order valence-electron chi connectivity index (χ3n) is 10.4. The van der Waals surface area contributed by atoms with Crippen molar-refractivity contribution in [2.75, 3.05) is 56.1 Å². The standard InChI is InChI=1S/C22H26F3N3O3.C14H21N3O2.C8H5F3O2.C5H10BO4P.C2H4O2/c1-15(2)30-21(29)18-8-6-11-26-20(18)27(3)17-10-12-28(14-17)13-16-7-4-5-9-19(16)31-22(23,24)25;1-10(2)19-14(18)12-5-4-7-16-13(12)17(3)11-6-8-15-9-11;9-8(10,11)13-7-4-2-1-3-6(7)5-12;1-4(7)9-6(3-11)10-5(2)8;1-2(3)4/h4-9,11,15,17H,10,12-14H2,1-3H3;4-5,7,10-11,15H,6,8-9H2,1-3H3;1-5H;3,11H2,1-2H3;1H3,(H,3,4)/t17-;11-;;;/m11.../s1. The smallest absolute Gasteiger partial charge is 0.499 e. The SMILES string of the molecule is CC(=O)O.CC(=O)OB(CP)OC(C)=O.CC(C)OC(=O)c1cccnc1N(C)[C@@H]1CCN(Cc2ccccc2OC(F)(F)F)C1.CC(C)OC(=O)c1cccnc1N(C)[C@@H]1CCNC1.O=Cc1ccccc1OC(F)(F)F. The number of carbonyl (C=O) groups is 6. The van der Waals surface area contributed by atoms with Gasteiger partial charge in [-0.25, -0.2) is 19.6 Å². The maximum Gasteiger partial charge on any atom is 0.602 e. The van der Waals surface area contributed by atoms with Gasteiger partial charge in [0.1, 0.15) is 34.3 Å². The number of benzene rings is 2. The monoisotopic (exact) mass is 1130 g/mol. The first-order valence-corrected chi connectivity index (χ1v) is 25.0. The lowest BCUT2D eigenvalue weighted by Crippen LogP contribution is -2.36. The number of pyridine rings is 2. The van der Waals surface area contributed by atoms with Gasteiger partial charge in [0.05, 0.1) is 17.8 Å². The minimum absolute atomic E-state index is 0.0520. The Bertz CT molecular complexity index is 2520. The second kappa shape index (κ2) is 33.3. The number of carboxylic acids is 1. The van der Waals surface area contributed by atoms with E-state index >= 15 is 0 Å². The zero-order chi connectivity index (χ0) is 58.8. The van der Waals surface area contributed by atoms with Gasteiger partial charge in [-0.15, -0.1) is 35.6 Å². The number of esters is 2. The topological polar surface area (TPSA) is 226 Å². The number of hydrogen-bond donors (Lipinski definition) is 2. The molecule has 0 aliphatic carbocycles. The van der Waals surface area contributed by atoms with Gasteiger partial charge in [0.25, 0.3) is 17.9 Å². The van der Waals surface area contributed by atoms with E-state index in [-0.39, 0.29) is 35.5 Å². The average Bonchev–Trinajstić information content (AvgIpc) is 4.08. The molecule has 2 aliphatic rings. The van der Waals surface area contributed by atoms with E-state index in [1.807, 2.05) is 32.8 Å². The maximum absolute atomic E-state index is 12.7. The van der Waals surface area contributed by atoms with E-state index in [0.717, 1.165) is 38.9 Å². The molecular weight excluding hydrogens is 1060 g/mol. The van der Waals surface area contributed by atoms with Gasteiger partial charge in [0.2, 0.25) is 0 Å². The van der Waals surface area contributed by atoms with Crippen LogP contribution in [0.2, 0.25) is 0 Å². The van der Waals surface area contributed by atoms with Crippen molar-refractivity contribution in [2.45, 2.75) is 105 Å². The molecule has 0 bridgehead atoms. The van der Waals surface area contributed by atoms with E-state index in [1.54, 1.807) is 62.6 Å². The molecule has 3 atom stereocenters. The Kier molecular flexibility index (Phi) is 28.6.